The van der Waals surface area contributed by atoms with Crippen LogP contribution >= 0.6 is 22.9 Å². The van der Waals surface area contributed by atoms with Crippen molar-refractivity contribution in [3.05, 3.63) is 44.9 Å². The minimum atomic E-state index is 0.295. The second-order valence-corrected chi connectivity index (χ2v) is 6.98. The molecule has 0 bridgehead atoms. The van der Waals surface area contributed by atoms with Crippen molar-refractivity contribution in [3.8, 4) is 0 Å². The Morgan fingerprint density at radius 3 is 2.82 bits per heavy atom. The van der Waals surface area contributed by atoms with Crippen LogP contribution in [-0.2, 0) is 0 Å². The molecule has 2 aromatic rings. The van der Waals surface area contributed by atoms with Crippen molar-refractivity contribution in [1.29, 1.82) is 0 Å². The Bertz CT molecular complexity index is 763. The van der Waals surface area contributed by atoms with Gasteiger partial charge in [0.15, 0.2) is 0 Å². The number of thiazole rings is 1. The molecule has 0 amide bonds. The van der Waals surface area contributed by atoms with Gasteiger partial charge in [-0.1, -0.05) is 24.6 Å². The van der Waals surface area contributed by atoms with Crippen molar-refractivity contribution in [2.24, 2.45) is 15.9 Å². The number of hydrogen-bond donors (Lipinski definition) is 1. The van der Waals surface area contributed by atoms with Crippen molar-refractivity contribution in [2.45, 2.75) is 20.8 Å². The lowest BCUT2D eigenvalue weighted by Gasteiger charge is -2.18. The highest BCUT2D eigenvalue weighted by atomic mass is 35.5. The molecule has 6 heteroatoms. The number of nitrogens with one attached hydrogen (secondary N) is 1. The molecule has 0 saturated carbocycles. The molecule has 0 saturated heterocycles. The number of hydrogen-bond acceptors (Lipinski definition) is 5. The van der Waals surface area contributed by atoms with Crippen molar-refractivity contribution in [1.82, 2.24) is 4.98 Å². The number of aliphatic imine (C=N–C) groups is 2. The van der Waals surface area contributed by atoms with Gasteiger partial charge in [0.2, 0.25) is 5.96 Å². The summed E-state index contributed by atoms with van der Waals surface area (Å²) >= 11 is 7.70. The van der Waals surface area contributed by atoms with Gasteiger partial charge in [-0.2, -0.15) is 0 Å². The Morgan fingerprint density at radius 1 is 1.32 bits per heavy atom. The van der Waals surface area contributed by atoms with Gasteiger partial charge in [0, 0.05) is 16.6 Å². The fraction of sp³-hybridized carbons (Fsp3) is 0.312. The van der Waals surface area contributed by atoms with E-state index in [1.54, 1.807) is 11.3 Å². The van der Waals surface area contributed by atoms with E-state index in [-0.39, 0.29) is 0 Å². The molecule has 1 aliphatic rings. The van der Waals surface area contributed by atoms with E-state index in [4.69, 9.17) is 16.6 Å². The standard InChI is InChI=1S/C16H17ClN4S/c1-9-8-18-16(20-13-6-4-5-12(17)7-13)21-14(9)15-10(2)19-11(3)22-15/h4-7,9H,8H2,1-3H3,(H,18,20). The molecule has 0 fully saturated rings. The minimum absolute atomic E-state index is 0.295. The molecule has 1 aromatic heterocycles. The van der Waals surface area contributed by atoms with Crippen molar-refractivity contribution in [3.63, 3.8) is 0 Å². The number of rotatable bonds is 2. The molecule has 22 heavy (non-hydrogen) atoms. The molecule has 1 unspecified atom stereocenters. The van der Waals surface area contributed by atoms with Crippen LogP contribution in [0, 0.1) is 19.8 Å². The maximum Gasteiger partial charge on any atom is 0.222 e. The van der Waals surface area contributed by atoms with Crippen LogP contribution < -0.4 is 5.32 Å². The van der Waals surface area contributed by atoms with Gasteiger partial charge >= 0.3 is 0 Å². The van der Waals surface area contributed by atoms with Crippen LogP contribution in [0.1, 0.15) is 22.5 Å². The predicted molar refractivity (Wildman–Crippen MR) is 94.7 cm³/mol. The normalized spacial score (nSPS) is 17.9. The maximum absolute atomic E-state index is 6.01. The summed E-state index contributed by atoms with van der Waals surface area (Å²) in [4.78, 5) is 14.9. The Morgan fingerprint density at radius 2 is 2.14 bits per heavy atom. The summed E-state index contributed by atoms with van der Waals surface area (Å²) in [6.45, 7) is 6.92. The van der Waals surface area contributed by atoms with Gasteiger partial charge in [-0.05, 0) is 32.0 Å². The van der Waals surface area contributed by atoms with Crippen LogP contribution in [0.2, 0.25) is 5.02 Å². The summed E-state index contributed by atoms with van der Waals surface area (Å²) in [6.07, 6.45) is 0. The molecule has 0 spiro atoms. The molecule has 0 aliphatic carbocycles. The number of guanidine groups is 1. The van der Waals surface area contributed by atoms with E-state index in [2.05, 4.69) is 22.2 Å². The summed E-state index contributed by atoms with van der Waals surface area (Å²) in [5.74, 6) is 0.921. The summed E-state index contributed by atoms with van der Waals surface area (Å²) in [6, 6.07) is 7.55. The van der Waals surface area contributed by atoms with E-state index < -0.39 is 0 Å². The average Bonchev–Trinajstić information content (AvgIpc) is 2.80. The van der Waals surface area contributed by atoms with E-state index >= 15 is 0 Å². The summed E-state index contributed by atoms with van der Waals surface area (Å²) in [5.41, 5.74) is 2.99. The lowest BCUT2D eigenvalue weighted by molar-refractivity contribution is 0.772. The van der Waals surface area contributed by atoms with Crippen molar-refractivity contribution in [2.75, 3.05) is 11.9 Å². The molecule has 1 atom stereocenters. The van der Waals surface area contributed by atoms with Crippen molar-refractivity contribution >= 4 is 40.3 Å². The molecule has 3 rings (SSSR count). The van der Waals surface area contributed by atoms with Gasteiger partial charge in [0.25, 0.3) is 0 Å². The first-order valence-corrected chi connectivity index (χ1v) is 8.32. The highest BCUT2D eigenvalue weighted by Gasteiger charge is 2.22. The fourth-order valence-electron chi connectivity index (χ4n) is 2.38. The Balaban J connectivity index is 1.89. The van der Waals surface area contributed by atoms with Crippen LogP contribution in [-0.4, -0.2) is 23.2 Å². The average molecular weight is 333 g/mol. The SMILES string of the molecule is Cc1nc(C)c(C2=NC(Nc3cccc(Cl)c3)=NCC2C)s1. The van der Waals surface area contributed by atoms with E-state index in [0.717, 1.165) is 33.5 Å². The third kappa shape index (κ3) is 3.20. The topological polar surface area (TPSA) is 49.6 Å². The first-order valence-electron chi connectivity index (χ1n) is 7.13. The van der Waals surface area contributed by atoms with E-state index in [9.17, 15) is 0 Å². The van der Waals surface area contributed by atoms with Crippen LogP contribution in [0.25, 0.3) is 0 Å². The van der Waals surface area contributed by atoms with Crippen LogP contribution in [0.4, 0.5) is 5.69 Å². The molecular formula is C16H17ClN4S. The zero-order chi connectivity index (χ0) is 15.7. The first kappa shape index (κ1) is 15.2. The third-order valence-corrected chi connectivity index (χ3v) is 4.76. The number of aromatic nitrogens is 1. The van der Waals surface area contributed by atoms with E-state index in [1.807, 2.05) is 38.1 Å². The predicted octanol–water partition coefficient (Wildman–Crippen LogP) is 4.32. The zero-order valence-corrected chi connectivity index (χ0v) is 14.3. The first-order chi connectivity index (χ1) is 10.5. The Kier molecular flexibility index (Phi) is 4.27. The summed E-state index contributed by atoms with van der Waals surface area (Å²) < 4.78 is 0. The van der Waals surface area contributed by atoms with E-state index in [1.165, 1.54) is 0 Å². The monoisotopic (exact) mass is 332 g/mol. The number of halogens is 1. The number of aryl methyl sites for hydroxylation is 2. The maximum atomic E-state index is 6.01. The molecule has 1 aliphatic heterocycles. The molecule has 114 valence electrons. The molecule has 1 N–H and O–H groups in total. The molecule has 2 heterocycles. The lowest BCUT2D eigenvalue weighted by atomic mass is 10.0. The summed E-state index contributed by atoms with van der Waals surface area (Å²) in [7, 11) is 0. The van der Waals surface area contributed by atoms with Gasteiger partial charge in [-0.15, -0.1) is 11.3 Å². The fourth-order valence-corrected chi connectivity index (χ4v) is 3.59. The quantitative estimate of drug-likeness (QED) is 0.890. The Hall–Kier alpha value is -1.72. The second kappa shape index (κ2) is 6.18. The minimum Gasteiger partial charge on any atom is -0.324 e. The second-order valence-electron chi connectivity index (χ2n) is 5.35. The smallest absolute Gasteiger partial charge is 0.222 e. The van der Waals surface area contributed by atoms with Crippen LogP contribution in [0.3, 0.4) is 0 Å². The molecule has 0 radical (unpaired) electrons. The largest absolute Gasteiger partial charge is 0.324 e. The van der Waals surface area contributed by atoms with Gasteiger partial charge in [0.1, 0.15) is 0 Å². The lowest BCUT2D eigenvalue weighted by Crippen LogP contribution is -2.25. The number of anilines is 1. The van der Waals surface area contributed by atoms with Gasteiger partial charge < -0.3 is 5.32 Å². The van der Waals surface area contributed by atoms with Gasteiger partial charge in [-0.3, -0.25) is 4.99 Å². The van der Waals surface area contributed by atoms with Gasteiger partial charge in [-0.25, -0.2) is 9.98 Å². The van der Waals surface area contributed by atoms with Crippen LogP contribution in [0.5, 0.6) is 0 Å². The van der Waals surface area contributed by atoms with Crippen molar-refractivity contribution < 1.29 is 0 Å². The van der Waals surface area contributed by atoms with Crippen LogP contribution in [0.15, 0.2) is 34.3 Å². The highest BCUT2D eigenvalue weighted by molar-refractivity contribution is 7.13. The third-order valence-electron chi connectivity index (χ3n) is 3.42. The molecule has 4 nitrogen and oxygen atoms in total. The van der Waals surface area contributed by atoms with E-state index in [0.29, 0.717) is 16.9 Å². The molecule has 1 aromatic carbocycles. The Labute approximate surface area is 139 Å². The zero-order valence-electron chi connectivity index (χ0n) is 12.7. The summed E-state index contributed by atoms with van der Waals surface area (Å²) in [5, 5.41) is 4.98. The van der Waals surface area contributed by atoms with Gasteiger partial charge in [0.05, 0.1) is 27.8 Å². The number of nitrogens with zero attached hydrogens (tertiary/aromatic N) is 3. The highest BCUT2D eigenvalue weighted by Crippen LogP contribution is 2.24. The number of benzene rings is 1. The molecular weight excluding hydrogens is 316 g/mol.